The van der Waals surface area contributed by atoms with E-state index in [0.717, 1.165) is 12.8 Å². The van der Waals surface area contributed by atoms with E-state index in [1.807, 2.05) is 29.5 Å². The van der Waals surface area contributed by atoms with Gasteiger partial charge in [-0.25, -0.2) is 9.59 Å². The molecule has 0 aliphatic heterocycles. The number of hydrogen-bond acceptors (Lipinski definition) is 3. The zero-order chi connectivity index (χ0) is 12.8. The lowest BCUT2D eigenvalue weighted by molar-refractivity contribution is 0.0499. The normalized spacial score (nSPS) is 10.0. The van der Waals surface area contributed by atoms with Crippen molar-refractivity contribution >= 4 is 34.5 Å². The van der Waals surface area contributed by atoms with Gasteiger partial charge in [0.05, 0.1) is 17.7 Å². The monoisotopic (exact) mass is 348 g/mol. The zero-order valence-corrected chi connectivity index (χ0v) is 11.6. The molecule has 0 spiro atoms. The van der Waals surface area contributed by atoms with Gasteiger partial charge >= 0.3 is 11.9 Å². The highest BCUT2D eigenvalue weighted by atomic mass is 127. The van der Waals surface area contributed by atoms with Gasteiger partial charge in [-0.05, 0) is 47.2 Å². The summed E-state index contributed by atoms with van der Waals surface area (Å²) in [6, 6.07) is 4.52. The Morgan fingerprint density at radius 2 is 2.12 bits per heavy atom. The van der Waals surface area contributed by atoms with Crippen LogP contribution in [0.5, 0.6) is 0 Å². The summed E-state index contributed by atoms with van der Waals surface area (Å²) in [7, 11) is 0. The number of carbonyl (C=O) groups is 2. The molecule has 92 valence electrons. The molecule has 0 radical (unpaired) electrons. The number of aromatic carboxylic acids is 1. The maximum Gasteiger partial charge on any atom is 0.338 e. The number of rotatable bonds is 5. The van der Waals surface area contributed by atoms with Crippen molar-refractivity contribution in [2.75, 3.05) is 6.61 Å². The fourth-order valence-electron chi connectivity index (χ4n) is 1.21. The van der Waals surface area contributed by atoms with E-state index in [2.05, 4.69) is 0 Å². The topological polar surface area (TPSA) is 63.6 Å². The first kappa shape index (κ1) is 14.0. The summed E-state index contributed by atoms with van der Waals surface area (Å²) in [5.41, 5.74) is 0.398. The number of halogens is 1. The average molecular weight is 348 g/mol. The summed E-state index contributed by atoms with van der Waals surface area (Å²) >= 11 is 1.92. The Hall–Kier alpha value is -1.11. The molecule has 4 nitrogen and oxygen atoms in total. The van der Waals surface area contributed by atoms with E-state index in [4.69, 9.17) is 9.84 Å². The molecule has 0 bridgehead atoms. The summed E-state index contributed by atoms with van der Waals surface area (Å²) < 4.78 is 5.61. The molecule has 0 heterocycles. The number of unbranched alkanes of at least 4 members (excludes halogenated alkanes) is 1. The molecule has 0 saturated heterocycles. The smallest absolute Gasteiger partial charge is 0.338 e. The second-order valence-corrected chi connectivity index (χ2v) is 4.65. The molecule has 0 aromatic heterocycles. The lowest BCUT2D eigenvalue weighted by Gasteiger charge is -2.05. The fourth-order valence-corrected chi connectivity index (χ4v) is 1.77. The van der Waals surface area contributed by atoms with Gasteiger partial charge in [-0.2, -0.15) is 0 Å². The first-order chi connectivity index (χ1) is 8.06. The van der Waals surface area contributed by atoms with Crippen LogP contribution in [-0.2, 0) is 4.74 Å². The van der Waals surface area contributed by atoms with Crippen molar-refractivity contribution in [1.29, 1.82) is 0 Å². The molecule has 1 aromatic rings. The van der Waals surface area contributed by atoms with Crippen LogP contribution in [-0.4, -0.2) is 23.7 Å². The molecule has 0 amide bonds. The number of carboxylic acid groups (broad SMARTS) is 1. The number of esters is 1. The van der Waals surface area contributed by atoms with E-state index in [9.17, 15) is 9.59 Å². The number of hydrogen-bond donors (Lipinski definition) is 1. The quantitative estimate of drug-likeness (QED) is 0.505. The molecular formula is C12H13IO4. The van der Waals surface area contributed by atoms with Crippen LogP contribution in [0.1, 0.15) is 40.5 Å². The van der Waals surface area contributed by atoms with E-state index in [1.165, 1.54) is 6.07 Å². The maximum atomic E-state index is 11.6. The molecule has 0 unspecified atom stereocenters. The molecule has 0 atom stereocenters. The molecule has 1 aromatic carbocycles. The van der Waals surface area contributed by atoms with Gasteiger partial charge < -0.3 is 9.84 Å². The van der Waals surface area contributed by atoms with Crippen molar-refractivity contribution < 1.29 is 19.4 Å². The predicted octanol–water partition coefficient (Wildman–Crippen LogP) is 2.95. The van der Waals surface area contributed by atoms with Gasteiger partial charge in [-0.3, -0.25) is 0 Å². The Morgan fingerprint density at radius 3 is 2.71 bits per heavy atom. The van der Waals surface area contributed by atoms with Crippen molar-refractivity contribution in [1.82, 2.24) is 0 Å². The van der Waals surface area contributed by atoms with Crippen LogP contribution in [0.15, 0.2) is 18.2 Å². The number of ether oxygens (including phenoxy) is 1. The van der Waals surface area contributed by atoms with Crippen LogP contribution in [0.2, 0.25) is 0 Å². The Labute approximate surface area is 113 Å². The third kappa shape index (κ3) is 3.99. The van der Waals surface area contributed by atoms with Crippen molar-refractivity contribution in [3.05, 3.63) is 32.9 Å². The van der Waals surface area contributed by atoms with Crippen LogP contribution < -0.4 is 0 Å². The highest BCUT2D eigenvalue weighted by molar-refractivity contribution is 14.1. The molecule has 1 N–H and O–H groups in total. The molecule has 0 fully saturated rings. The summed E-state index contributed by atoms with van der Waals surface area (Å²) in [5.74, 6) is -1.52. The van der Waals surface area contributed by atoms with Crippen LogP contribution in [0.3, 0.4) is 0 Å². The number of benzene rings is 1. The van der Waals surface area contributed by atoms with E-state index < -0.39 is 11.9 Å². The Balaban J connectivity index is 2.81. The van der Waals surface area contributed by atoms with Crippen LogP contribution in [0, 0.1) is 3.57 Å². The minimum absolute atomic E-state index is 0.121. The van der Waals surface area contributed by atoms with Gasteiger partial charge in [-0.1, -0.05) is 13.3 Å². The average Bonchev–Trinajstić information content (AvgIpc) is 2.29. The molecule has 0 saturated carbocycles. The molecule has 5 heteroatoms. The predicted molar refractivity (Wildman–Crippen MR) is 71.3 cm³/mol. The third-order valence-electron chi connectivity index (χ3n) is 2.16. The van der Waals surface area contributed by atoms with Gasteiger partial charge in [0.1, 0.15) is 0 Å². The minimum Gasteiger partial charge on any atom is -0.478 e. The van der Waals surface area contributed by atoms with Gasteiger partial charge in [0.15, 0.2) is 0 Å². The fraction of sp³-hybridized carbons (Fsp3) is 0.333. The highest BCUT2D eigenvalue weighted by Gasteiger charge is 2.13. The van der Waals surface area contributed by atoms with E-state index in [0.29, 0.717) is 10.2 Å². The van der Waals surface area contributed by atoms with Crippen molar-refractivity contribution in [2.24, 2.45) is 0 Å². The largest absolute Gasteiger partial charge is 0.478 e. The Bertz CT molecular complexity index is 429. The van der Waals surface area contributed by atoms with Gasteiger partial charge in [0.25, 0.3) is 0 Å². The summed E-state index contributed by atoms with van der Waals surface area (Å²) in [6.07, 6.45) is 1.75. The Morgan fingerprint density at radius 1 is 1.41 bits per heavy atom. The van der Waals surface area contributed by atoms with E-state index in [1.54, 1.807) is 12.1 Å². The summed E-state index contributed by atoms with van der Waals surface area (Å²) in [5, 5.41) is 8.93. The van der Waals surface area contributed by atoms with Crippen LogP contribution in [0.25, 0.3) is 0 Å². The first-order valence-corrected chi connectivity index (χ1v) is 6.34. The van der Waals surface area contributed by atoms with Gasteiger partial charge in [0.2, 0.25) is 0 Å². The Kier molecular flexibility index (Phi) is 5.40. The lowest BCUT2D eigenvalue weighted by Crippen LogP contribution is -2.09. The van der Waals surface area contributed by atoms with E-state index >= 15 is 0 Å². The molecule has 17 heavy (non-hydrogen) atoms. The van der Waals surface area contributed by atoms with Gasteiger partial charge in [-0.15, -0.1) is 0 Å². The summed E-state index contributed by atoms with van der Waals surface area (Å²) in [6.45, 7) is 2.37. The van der Waals surface area contributed by atoms with E-state index in [-0.39, 0.29) is 11.1 Å². The number of carbonyl (C=O) groups excluding carboxylic acids is 1. The second-order valence-electron chi connectivity index (χ2n) is 3.49. The molecule has 0 aliphatic rings. The zero-order valence-electron chi connectivity index (χ0n) is 9.40. The minimum atomic E-state index is -1.04. The van der Waals surface area contributed by atoms with Crippen LogP contribution in [0.4, 0.5) is 0 Å². The van der Waals surface area contributed by atoms with Gasteiger partial charge in [0, 0.05) is 3.57 Å². The SMILES string of the molecule is CCCCOC(=O)c1ccc(I)c(C(=O)O)c1. The standard InChI is InChI=1S/C12H13IO4/c1-2-3-6-17-12(16)8-4-5-10(13)9(7-8)11(14)15/h4-5,7H,2-3,6H2,1H3,(H,14,15). The van der Waals surface area contributed by atoms with Crippen molar-refractivity contribution in [2.45, 2.75) is 19.8 Å². The van der Waals surface area contributed by atoms with Crippen molar-refractivity contribution in [3.8, 4) is 0 Å². The molecule has 1 rings (SSSR count). The highest BCUT2D eigenvalue weighted by Crippen LogP contribution is 2.15. The van der Waals surface area contributed by atoms with Crippen molar-refractivity contribution in [3.63, 3.8) is 0 Å². The summed E-state index contributed by atoms with van der Waals surface area (Å²) in [4.78, 5) is 22.5. The lowest BCUT2D eigenvalue weighted by atomic mass is 10.1. The third-order valence-corrected chi connectivity index (χ3v) is 3.10. The number of carboxylic acids is 1. The first-order valence-electron chi connectivity index (χ1n) is 5.26. The second kappa shape index (κ2) is 6.58. The molecule has 0 aliphatic carbocycles. The molecular weight excluding hydrogens is 335 g/mol. The maximum absolute atomic E-state index is 11.6. The van der Waals surface area contributed by atoms with Crippen LogP contribution >= 0.6 is 22.6 Å².